The van der Waals surface area contributed by atoms with E-state index < -0.39 is 11.9 Å². The molecule has 0 radical (unpaired) electrons. The van der Waals surface area contributed by atoms with Crippen LogP contribution in [0.5, 0.6) is 0 Å². The zero-order valence-corrected chi connectivity index (χ0v) is 13.5. The maximum absolute atomic E-state index is 12.3. The number of rotatable bonds is 3. The maximum atomic E-state index is 12.3. The van der Waals surface area contributed by atoms with Crippen molar-refractivity contribution in [2.45, 2.75) is 57.7 Å². The van der Waals surface area contributed by atoms with Gasteiger partial charge in [0.15, 0.2) is 0 Å². The molecule has 1 aromatic rings. The number of hydrogen-bond acceptors (Lipinski definition) is 4. The molecule has 0 unspecified atom stereocenters. The molecule has 5 nitrogen and oxygen atoms in total. The van der Waals surface area contributed by atoms with Gasteiger partial charge in [-0.2, -0.15) is 0 Å². The highest BCUT2D eigenvalue weighted by molar-refractivity contribution is 5.94. The lowest BCUT2D eigenvalue weighted by atomic mass is 9.81. The molecule has 0 amide bonds. The Balaban J connectivity index is 2.11. The summed E-state index contributed by atoms with van der Waals surface area (Å²) in [6.07, 6.45) is 1.26. The van der Waals surface area contributed by atoms with E-state index in [2.05, 4.69) is 33.0 Å². The smallest absolute Gasteiger partial charge is 0.338 e. The highest BCUT2D eigenvalue weighted by Gasteiger charge is 2.39. The standard InChI is InChI=1S/C17H23NO4/c1-16(2)9-13(10-17(3,4)18-16)22-15(21)12-7-5-6-11(8-12)14(19)20/h5-8,13,18H,9-10H2,1-4H3,(H,19,20). The van der Waals surface area contributed by atoms with Crippen molar-refractivity contribution < 1.29 is 19.4 Å². The van der Waals surface area contributed by atoms with Crippen molar-refractivity contribution in [1.29, 1.82) is 0 Å². The molecule has 1 heterocycles. The third kappa shape index (κ3) is 4.07. The fourth-order valence-electron chi connectivity index (χ4n) is 3.31. The van der Waals surface area contributed by atoms with Gasteiger partial charge in [0.2, 0.25) is 0 Å². The number of esters is 1. The summed E-state index contributed by atoms with van der Waals surface area (Å²) >= 11 is 0. The van der Waals surface area contributed by atoms with Crippen molar-refractivity contribution in [3.05, 3.63) is 35.4 Å². The zero-order chi connectivity index (χ0) is 16.5. The third-order valence-electron chi connectivity index (χ3n) is 3.77. The van der Waals surface area contributed by atoms with Crippen molar-refractivity contribution in [2.75, 3.05) is 0 Å². The average molecular weight is 305 g/mol. The van der Waals surface area contributed by atoms with Gasteiger partial charge in [0.1, 0.15) is 6.10 Å². The van der Waals surface area contributed by atoms with E-state index in [-0.39, 0.29) is 28.3 Å². The SMILES string of the molecule is CC1(C)CC(OC(=O)c2cccc(C(=O)O)c2)CC(C)(C)N1. The number of carbonyl (C=O) groups excluding carboxylic acids is 1. The molecule has 2 rings (SSSR count). The number of ether oxygens (including phenoxy) is 1. The van der Waals surface area contributed by atoms with Gasteiger partial charge in [0.05, 0.1) is 11.1 Å². The molecule has 1 aliphatic rings. The van der Waals surface area contributed by atoms with Gasteiger partial charge in [0, 0.05) is 23.9 Å². The molecule has 1 aliphatic heterocycles. The van der Waals surface area contributed by atoms with Crippen LogP contribution in [0.2, 0.25) is 0 Å². The van der Waals surface area contributed by atoms with E-state index in [4.69, 9.17) is 9.84 Å². The van der Waals surface area contributed by atoms with E-state index in [9.17, 15) is 9.59 Å². The van der Waals surface area contributed by atoms with Gasteiger partial charge in [-0.15, -0.1) is 0 Å². The topological polar surface area (TPSA) is 75.6 Å². The Morgan fingerprint density at radius 3 is 2.23 bits per heavy atom. The molecular weight excluding hydrogens is 282 g/mol. The summed E-state index contributed by atoms with van der Waals surface area (Å²) in [6.45, 7) is 8.33. The summed E-state index contributed by atoms with van der Waals surface area (Å²) in [5, 5.41) is 12.5. The lowest BCUT2D eigenvalue weighted by molar-refractivity contribution is -0.00638. The number of carboxylic acids is 1. The summed E-state index contributed by atoms with van der Waals surface area (Å²) in [5.41, 5.74) is 0.125. The van der Waals surface area contributed by atoms with Crippen molar-refractivity contribution in [2.24, 2.45) is 0 Å². The number of carboxylic acid groups (broad SMARTS) is 1. The van der Waals surface area contributed by atoms with Crippen molar-refractivity contribution in [3.8, 4) is 0 Å². The maximum Gasteiger partial charge on any atom is 0.338 e. The van der Waals surface area contributed by atoms with E-state index in [1.165, 1.54) is 12.1 Å². The Labute approximate surface area is 130 Å². The van der Waals surface area contributed by atoms with Crippen LogP contribution < -0.4 is 5.32 Å². The summed E-state index contributed by atoms with van der Waals surface area (Å²) in [7, 11) is 0. The minimum atomic E-state index is -1.06. The monoisotopic (exact) mass is 305 g/mol. The molecule has 0 saturated carbocycles. The molecule has 1 aromatic carbocycles. The number of piperidine rings is 1. The minimum Gasteiger partial charge on any atom is -0.478 e. The summed E-state index contributed by atoms with van der Waals surface area (Å²) in [6, 6.07) is 5.93. The van der Waals surface area contributed by atoms with Gasteiger partial charge in [-0.05, 0) is 45.9 Å². The summed E-state index contributed by atoms with van der Waals surface area (Å²) in [4.78, 5) is 23.2. The number of nitrogens with one attached hydrogen (secondary N) is 1. The molecule has 0 aliphatic carbocycles. The highest BCUT2D eigenvalue weighted by Crippen LogP contribution is 2.30. The van der Waals surface area contributed by atoms with E-state index in [0.29, 0.717) is 0 Å². The first-order chi connectivity index (χ1) is 10.1. The third-order valence-corrected chi connectivity index (χ3v) is 3.77. The Bertz CT molecular complexity index is 576. The average Bonchev–Trinajstić information content (AvgIpc) is 2.34. The van der Waals surface area contributed by atoms with Crippen LogP contribution in [0.25, 0.3) is 0 Å². The van der Waals surface area contributed by atoms with Crippen LogP contribution in [0.3, 0.4) is 0 Å². The molecule has 0 spiro atoms. The molecule has 0 atom stereocenters. The number of carbonyl (C=O) groups is 2. The van der Waals surface area contributed by atoms with Gasteiger partial charge < -0.3 is 15.2 Å². The largest absolute Gasteiger partial charge is 0.478 e. The van der Waals surface area contributed by atoms with Crippen LogP contribution in [-0.2, 0) is 4.74 Å². The van der Waals surface area contributed by atoms with Crippen LogP contribution in [-0.4, -0.2) is 34.2 Å². The first-order valence-corrected chi connectivity index (χ1v) is 7.42. The van der Waals surface area contributed by atoms with E-state index in [1.54, 1.807) is 12.1 Å². The van der Waals surface area contributed by atoms with Gasteiger partial charge in [-0.3, -0.25) is 0 Å². The molecule has 1 fully saturated rings. The van der Waals surface area contributed by atoms with Crippen LogP contribution >= 0.6 is 0 Å². The second-order valence-corrected chi connectivity index (χ2v) is 7.21. The number of hydrogen-bond donors (Lipinski definition) is 2. The second kappa shape index (κ2) is 5.72. The molecule has 1 saturated heterocycles. The van der Waals surface area contributed by atoms with Crippen molar-refractivity contribution in [3.63, 3.8) is 0 Å². The molecule has 2 N–H and O–H groups in total. The molecular formula is C17H23NO4. The van der Waals surface area contributed by atoms with Crippen LogP contribution in [0.4, 0.5) is 0 Å². The first kappa shape index (κ1) is 16.5. The predicted octanol–water partition coefficient (Wildman–Crippen LogP) is 2.85. The Morgan fingerprint density at radius 1 is 1.14 bits per heavy atom. The molecule has 120 valence electrons. The summed E-state index contributed by atoms with van der Waals surface area (Å²) in [5.74, 6) is -1.53. The molecule has 22 heavy (non-hydrogen) atoms. The van der Waals surface area contributed by atoms with Gasteiger partial charge in [-0.1, -0.05) is 6.07 Å². The predicted molar refractivity (Wildman–Crippen MR) is 83.1 cm³/mol. The normalized spacial score (nSPS) is 20.4. The number of aromatic carboxylic acids is 1. The molecule has 0 bridgehead atoms. The quantitative estimate of drug-likeness (QED) is 0.840. The second-order valence-electron chi connectivity index (χ2n) is 7.21. The fraction of sp³-hybridized carbons (Fsp3) is 0.529. The Morgan fingerprint density at radius 2 is 1.68 bits per heavy atom. The van der Waals surface area contributed by atoms with E-state index >= 15 is 0 Å². The minimum absolute atomic E-state index is 0.0837. The summed E-state index contributed by atoms with van der Waals surface area (Å²) < 4.78 is 5.61. The number of benzene rings is 1. The van der Waals surface area contributed by atoms with Crippen LogP contribution in [0, 0.1) is 0 Å². The lowest BCUT2D eigenvalue weighted by Crippen LogP contribution is -2.59. The van der Waals surface area contributed by atoms with Crippen LogP contribution in [0.1, 0.15) is 61.3 Å². The van der Waals surface area contributed by atoms with E-state index in [1.807, 2.05) is 0 Å². The first-order valence-electron chi connectivity index (χ1n) is 7.42. The lowest BCUT2D eigenvalue weighted by Gasteiger charge is -2.45. The fourth-order valence-corrected chi connectivity index (χ4v) is 3.31. The van der Waals surface area contributed by atoms with Crippen LogP contribution in [0.15, 0.2) is 24.3 Å². The van der Waals surface area contributed by atoms with Crippen molar-refractivity contribution >= 4 is 11.9 Å². The molecule has 0 aromatic heterocycles. The highest BCUT2D eigenvalue weighted by atomic mass is 16.5. The van der Waals surface area contributed by atoms with Gasteiger partial charge >= 0.3 is 11.9 Å². The van der Waals surface area contributed by atoms with Gasteiger partial charge in [0.25, 0.3) is 0 Å². The zero-order valence-electron chi connectivity index (χ0n) is 13.5. The van der Waals surface area contributed by atoms with E-state index in [0.717, 1.165) is 12.8 Å². The Kier molecular flexibility index (Phi) is 4.29. The Hall–Kier alpha value is -1.88. The molecule has 5 heteroatoms. The van der Waals surface area contributed by atoms with Gasteiger partial charge in [-0.25, -0.2) is 9.59 Å². The van der Waals surface area contributed by atoms with Crippen molar-refractivity contribution in [1.82, 2.24) is 5.32 Å².